The van der Waals surface area contributed by atoms with Gasteiger partial charge in [-0.25, -0.2) is 9.78 Å². The van der Waals surface area contributed by atoms with Gasteiger partial charge in [-0.05, 0) is 26.0 Å². The van der Waals surface area contributed by atoms with Gasteiger partial charge in [0.15, 0.2) is 11.8 Å². The van der Waals surface area contributed by atoms with E-state index in [0.717, 1.165) is 5.56 Å². The molecule has 0 aliphatic heterocycles. The second kappa shape index (κ2) is 6.04. The van der Waals surface area contributed by atoms with Crippen LogP contribution in [0, 0.1) is 6.92 Å². The molecule has 5 heteroatoms. The SMILES string of the molecule is Cc1ccc(C(=O)[C@@H](C)OC(=O)c2cn3ccccc3n2)cc1. The van der Waals surface area contributed by atoms with E-state index in [1.54, 1.807) is 41.9 Å². The molecule has 2 heterocycles. The van der Waals surface area contributed by atoms with E-state index < -0.39 is 12.1 Å². The third-order valence-electron chi connectivity index (χ3n) is 3.56. The van der Waals surface area contributed by atoms with Gasteiger partial charge in [-0.3, -0.25) is 4.79 Å². The molecule has 0 bridgehead atoms. The molecule has 3 rings (SSSR count). The molecule has 1 atom stereocenters. The number of Topliss-reactive ketones (excluding diaryl/α,β-unsaturated/α-hetero) is 1. The van der Waals surface area contributed by atoms with Gasteiger partial charge in [-0.1, -0.05) is 35.9 Å². The van der Waals surface area contributed by atoms with E-state index in [4.69, 9.17) is 4.74 Å². The molecular formula is C18H16N2O3. The topological polar surface area (TPSA) is 60.7 Å². The molecule has 0 N–H and O–H groups in total. The van der Waals surface area contributed by atoms with Gasteiger partial charge in [-0.2, -0.15) is 0 Å². The average Bonchev–Trinajstić information content (AvgIpc) is 2.99. The molecular weight excluding hydrogens is 292 g/mol. The number of fused-ring (bicyclic) bond motifs is 1. The highest BCUT2D eigenvalue weighted by Crippen LogP contribution is 2.11. The predicted molar refractivity (Wildman–Crippen MR) is 85.6 cm³/mol. The van der Waals surface area contributed by atoms with Crippen molar-refractivity contribution in [2.45, 2.75) is 20.0 Å². The number of ketones is 1. The Morgan fingerprint density at radius 2 is 1.87 bits per heavy atom. The van der Waals surface area contributed by atoms with Gasteiger partial charge in [0.05, 0.1) is 0 Å². The largest absolute Gasteiger partial charge is 0.449 e. The molecule has 0 saturated carbocycles. The number of pyridine rings is 1. The molecule has 116 valence electrons. The van der Waals surface area contributed by atoms with Crippen LogP contribution in [0.5, 0.6) is 0 Å². The van der Waals surface area contributed by atoms with Gasteiger partial charge < -0.3 is 9.14 Å². The summed E-state index contributed by atoms with van der Waals surface area (Å²) in [5.41, 5.74) is 2.42. The first-order chi connectivity index (χ1) is 11.0. The smallest absolute Gasteiger partial charge is 0.359 e. The lowest BCUT2D eigenvalue weighted by Crippen LogP contribution is -2.24. The minimum atomic E-state index is -0.866. The van der Waals surface area contributed by atoms with Crippen LogP contribution in [0.2, 0.25) is 0 Å². The summed E-state index contributed by atoms with van der Waals surface area (Å²) in [5, 5.41) is 0. The van der Waals surface area contributed by atoms with E-state index in [1.807, 2.05) is 31.2 Å². The summed E-state index contributed by atoms with van der Waals surface area (Å²) in [6.45, 7) is 3.51. The number of hydrogen-bond donors (Lipinski definition) is 0. The molecule has 1 aromatic carbocycles. The first-order valence-electron chi connectivity index (χ1n) is 7.30. The fraction of sp³-hybridized carbons (Fsp3) is 0.167. The summed E-state index contributed by atoms with van der Waals surface area (Å²) in [6.07, 6.45) is 2.51. The lowest BCUT2D eigenvalue weighted by Gasteiger charge is -2.11. The number of nitrogens with zero attached hydrogens (tertiary/aromatic N) is 2. The van der Waals surface area contributed by atoms with Crippen molar-refractivity contribution in [3.05, 3.63) is 71.7 Å². The minimum Gasteiger partial charge on any atom is -0.449 e. The third kappa shape index (κ3) is 3.13. The van der Waals surface area contributed by atoms with E-state index in [1.165, 1.54) is 0 Å². The number of hydrogen-bond acceptors (Lipinski definition) is 4. The highest BCUT2D eigenvalue weighted by molar-refractivity contribution is 6.01. The van der Waals surface area contributed by atoms with Gasteiger partial charge >= 0.3 is 5.97 Å². The number of aryl methyl sites for hydroxylation is 1. The van der Waals surface area contributed by atoms with Crippen LogP contribution >= 0.6 is 0 Å². The van der Waals surface area contributed by atoms with Crippen molar-refractivity contribution in [1.29, 1.82) is 0 Å². The Hall–Kier alpha value is -2.95. The zero-order chi connectivity index (χ0) is 16.4. The highest BCUT2D eigenvalue weighted by Gasteiger charge is 2.21. The molecule has 2 aromatic heterocycles. The summed E-state index contributed by atoms with van der Waals surface area (Å²) < 4.78 is 6.97. The number of ether oxygens (including phenoxy) is 1. The fourth-order valence-electron chi connectivity index (χ4n) is 2.26. The lowest BCUT2D eigenvalue weighted by molar-refractivity contribution is 0.0314. The van der Waals surface area contributed by atoms with Crippen LogP contribution in [0.15, 0.2) is 54.9 Å². The Balaban J connectivity index is 1.73. The van der Waals surface area contributed by atoms with Crippen LogP contribution in [0.1, 0.15) is 33.3 Å². The van der Waals surface area contributed by atoms with Gasteiger partial charge in [0.1, 0.15) is 5.65 Å². The van der Waals surface area contributed by atoms with Crippen molar-refractivity contribution in [2.75, 3.05) is 0 Å². The minimum absolute atomic E-state index is 0.180. The highest BCUT2D eigenvalue weighted by atomic mass is 16.5. The third-order valence-corrected chi connectivity index (χ3v) is 3.56. The van der Waals surface area contributed by atoms with Crippen molar-refractivity contribution in [3.63, 3.8) is 0 Å². The molecule has 3 aromatic rings. The van der Waals surface area contributed by atoms with Gasteiger partial charge in [0.25, 0.3) is 0 Å². The molecule has 0 aliphatic carbocycles. The van der Waals surface area contributed by atoms with Crippen molar-refractivity contribution in [1.82, 2.24) is 9.38 Å². The lowest BCUT2D eigenvalue weighted by atomic mass is 10.1. The normalized spacial score (nSPS) is 12.1. The van der Waals surface area contributed by atoms with Gasteiger partial charge in [0.2, 0.25) is 5.78 Å². The summed E-state index contributed by atoms with van der Waals surface area (Å²) in [6, 6.07) is 12.6. The van der Waals surface area contributed by atoms with E-state index >= 15 is 0 Å². The second-order valence-corrected chi connectivity index (χ2v) is 5.37. The molecule has 0 spiro atoms. The quantitative estimate of drug-likeness (QED) is 0.549. The van der Waals surface area contributed by atoms with Gasteiger partial charge in [0, 0.05) is 18.0 Å². The van der Waals surface area contributed by atoms with Crippen LogP contribution in [0.25, 0.3) is 5.65 Å². The molecule has 0 radical (unpaired) electrons. The Kier molecular flexibility index (Phi) is 3.93. The van der Waals surface area contributed by atoms with Crippen LogP contribution in [0.4, 0.5) is 0 Å². The molecule has 0 amide bonds. The molecule has 0 fully saturated rings. The summed E-state index contributed by atoms with van der Waals surface area (Å²) >= 11 is 0. The number of imidazole rings is 1. The first-order valence-corrected chi connectivity index (χ1v) is 7.30. The number of carbonyl (C=O) groups is 2. The fourth-order valence-corrected chi connectivity index (χ4v) is 2.26. The zero-order valence-electron chi connectivity index (χ0n) is 12.9. The van der Waals surface area contributed by atoms with Crippen molar-refractivity contribution in [3.8, 4) is 0 Å². The van der Waals surface area contributed by atoms with Gasteiger partial charge in [-0.15, -0.1) is 0 Å². The number of rotatable bonds is 4. The second-order valence-electron chi connectivity index (χ2n) is 5.37. The van der Waals surface area contributed by atoms with E-state index in [0.29, 0.717) is 11.2 Å². The number of benzene rings is 1. The Morgan fingerprint density at radius 3 is 2.57 bits per heavy atom. The van der Waals surface area contributed by atoms with Crippen molar-refractivity contribution in [2.24, 2.45) is 0 Å². The van der Waals surface area contributed by atoms with Crippen molar-refractivity contribution < 1.29 is 14.3 Å². The number of carbonyl (C=O) groups excluding carboxylic acids is 2. The number of aromatic nitrogens is 2. The Morgan fingerprint density at radius 1 is 1.13 bits per heavy atom. The zero-order valence-corrected chi connectivity index (χ0v) is 12.9. The van der Waals surface area contributed by atoms with E-state index in [9.17, 15) is 9.59 Å². The van der Waals surface area contributed by atoms with Crippen LogP contribution < -0.4 is 0 Å². The maximum Gasteiger partial charge on any atom is 0.359 e. The first kappa shape index (κ1) is 15.0. The monoisotopic (exact) mass is 308 g/mol. The molecule has 23 heavy (non-hydrogen) atoms. The van der Waals surface area contributed by atoms with E-state index in [2.05, 4.69) is 4.98 Å². The average molecular weight is 308 g/mol. The summed E-state index contributed by atoms with van der Waals surface area (Å²) in [5.74, 6) is -0.844. The molecule has 5 nitrogen and oxygen atoms in total. The molecule has 0 unspecified atom stereocenters. The predicted octanol–water partition coefficient (Wildman–Crippen LogP) is 3.07. The van der Waals surface area contributed by atoms with E-state index in [-0.39, 0.29) is 11.5 Å². The van der Waals surface area contributed by atoms with Crippen LogP contribution in [0.3, 0.4) is 0 Å². The standard InChI is InChI=1S/C18H16N2O3/c1-12-6-8-14(9-7-12)17(21)13(2)23-18(22)15-11-20-10-4-3-5-16(20)19-15/h3-11,13H,1-2H3/t13-/m1/s1. The summed E-state index contributed by atoms with van der Waals surface area (Å²) in [4.78, 5) is 28.6. The summed E-state index contributed by atoms with van der Waals surface area (Å²) in [7, 11) is 0. The molecule has 0 saturated heterocycles. The Bertz CT molecular complexity index is 832. The number of esters is 1. The molecule has 0 aliphatic rings. The van der Waals surface area contributed by atoms with Crippen LogP contribution in [-0.4, -0.2) is 27.2 Å². The van der Waals surface area contributed by atoms with Crippen molar-refractivity contribution >= 4 is 17.4 Å². The Labute approximate surface area is 133 Å². The maximum absolute atomic E-state index is 12.3. The maximum atomic E-state index is 12.3. The van der Waals surface area contributed by atoms with Crippen LogP contribution in [-0.2, 0) is 4.74 Å².